The Hall–Kier alpha value is -7.94. The first-order chi connectivity index (χ1) is 33.0. The number of anilines is 3. The van der Waals surface area contributed by atoms with Crippen LogP contribution in [-0.2, 0) is 10.8 Å². The van der Waals surface area contributed by atoms with E-state index < -0.39 is 0 Å². The molecule has 1 heterocycles. The molecule has 0 amide bonds. The summed E-state index contributed by atoms with van der Waals surface area (Å²) in [5.74, 6) is 0. The number of benzene rings is 10. The molecule has 0 fully saturated rings. The van der Waals surface area contributed by atoms with Crippen molar-refractivity contribution in [1.29, 1.82) is 0 Å². The predicted molar refractivity (Wildman–Crippen MR) is 290 cm³/mol. The van der Waals surface area contributed by atoms with E-state index in [4.69, 9.17) is 4.42 Å². The second-order valence-corrected chi connectivity index (χ2v) is 20.2. The van der Waals surface area contributed by atoms with Gasteiger partial charge in [0.05, 0.1) is 5.69 Å². The second kappa shape index (κ2) is 17.0. The topological polar surface area (TPSA) is 16.4 Å². The van der Waals surface area contributed by atoms with Gasteiger partial charge < -0.3 is 9.32 Å². The summed E-state index contributed by atoms with van der Waals surface area (Å²) in [5, 5.41) is 4.65. The van der Waals surface area contributed by atoms with Gasteiger partial charge in [0, 0.05) is 27.7 Å². The summed E-state index contributed by atoms with van der Waals surface area (Å²) in [4.78, 5) is 2.42. The number of para-hydroxylation sites is 2. The van der Waals surface area contributed by atoms with E-state index in [1.165, 1.54) is 66.4 Å². The van der Waals surface area contributed by atoms with Crippen LogP contribution >= 0.6 is 0 Å². The van der Waals surface area contributed by atoms with Crippen molar-refractivity contribution in [2.45, 2.75) is 52.4 Å². The molecule has 2 heteroatoms. The van der Waals surface area contributed by atoms with Crippen molar-refractivity contribution in [3.05, 3.63) is 236 Å². The Morgan fingerprint density at radius 3 is 1.57 bits per heavy atom. The molecule has 0 unspecified atom stereocenters. The van der Waals surface area contributed by atoms with E-state index in [0.29, 0.717) is 0 Å². The quantitative estimate of drug-likeness (QED) is 0.151. The molecular formula is C66H55NO. The first-order valence-corrected chi connectivity index (χ1v) is 23.8. The van der Waals surface area contributed by atoms with Gasteiger partial charge in [-0.05, 0) is 131 Å². The Morgan fingerprint density at radius 1 is 0.324 bits per heavy atom. The summed E-state index contributed by atoms with van der Waals surface area (Å²) in [6.07, 6.45) is 0. The van der Waals surface area contributed by atoms with Crippen LogP contribution in [0.4, 0.5) is 17.1 Å². The summed E-state index contributed by atoms with van der Waals surface area (Å²) in [5.41, 5.74) is 19.6. The maximum atomic E-state index is 6.38. The monoisotopic (exact) mass is 877 g/mol. The van der Waals surface area contributed by atoms with Crippen molar-refractivity contribution < 1.29 is 4.42 Å². The summed E-state index contributed by atoms with van der Waals surface area (Å²) in [6, 6.07) is 82.0. The molecule has 330 valence electrons. The molecular weight excluding hydrogens is 823 g/mol. The first kappa shape index (κ1) is 42.7. The van der Waals surface area contributed by atoms with Crippen LogP contribution in [0, 0.1) is 0 Å². The van der Waals surface area contributed by atoms with Crippen molar-refractivity contribution in [3.8, 4) is 55.6 Å². The van der Waals surface area contributed by atoms with Crippen molar-refractivity contribution in [3.63, 3.8) is 0 Å². The minimum Gasteiger partial charge on any atom is -0.456 e. The van der Waals surface area contributed by atoms with Crippen LogP contribution in [0.3, 0.4) is 0 Å². The highest BCUT2D eigenvalue weighted by Gasteiger charge is 2.24. The van der Waals surface area contributed by atoms with Gasteiger partial charge in [-0.3, -0.25) is 0 Å². The highest BCUT2D eigenvalue weighted by molar-refractivity contribution is 6.10. The average molecular weight is 878 g/mol. The Kier molecular flexibility index (Phi) is 10.7. The van der Waals surface area contributed by atoms with E-state index in [1.807, 2.05) is 6.07 Å². The van der Waals surface area contributed by atoms with Gasteiger partial charge >= 0.3 is 0 Å². The normalized spacial score (nSPS) is 12.0. The first-order valence-electron chi connectivity index (χ1n) is 23.8. The summed E-state index contributed by atoms with van der Waals surface area (Å²) in [7, 11) is 0. The Bertz CT molecular complexity index is 3580. The van der Waals surface area contributed by atoms with E-state index in [9.17, 15) is 0 Å². The maximum Gasteiger partial charge on any atom is 0.135 e. The molecule has 11 aromatic rings. The maximum absolute atomic E-state index is 6.38. The second-order valence-electron chi connectivity index (χ2n) is 20.2. The molecule has 10 aromatic carbocycles. The molecule has 0 saturated heterocycles. The van der Waals surface area contributed by atoms with Crippen molar-refractivity contribution in [2.24, 2.45) is 0 Å². The van der Waals surface area contributed by atoms with Crippen molar-refractivity contribution in [1.82, 2.24) is 0 Å². The van der Waals surface area contributed by atoms with Gasteiger partial charge in [-0.2, -0.15) is 0 Å². The number of furan rings is 1. The van der Waals surface area contributed by atoms with Crippen LogP contribution in [-0.4, -0.2) is 0 Å². The van der Waals surface area contributed by atoms with Crippen LogP contribution in [0.15, 0.2) is 229 Å². The van der Waals surface area contributed by atoms with Crippen LogP contribution in [0.5, 0.6) is 0 Å². The predicted octanol–water partition coefficient (Wildman–Crippen LogP) is 19.1. The Labute approximate surface area is 400 Å². The van der Waals surface area contributed by atoms with Crippen LogP contribution in [0.25, 0.3) is 88.3 Å². The van der Waals surface area contributed by atoms with Crippen molar-refractivity contribution >= 4 is 49.8 Å². The molecule has 68 heavy (non-hydrogen) atoms. The van der Waals surface area contributed by atoms with E-state index in [0.717, 1.165) is 50.1 Å². The van der Waals surface area contributed by atoms with Gasteiger partial charge in [-0.15, -0.1) is 0 Å². The number of hydrogen-bond acceptors (Lipinski definition) is 2. The molecule has 2 nitrogen and oxygen atoms in total. The lowest BCUT2D eigenvalue weighted by atomic mass is 9.78. The largest absolute Gasteiger partial charge is 0.456 e. The minimum atomic E-state index is -0.0106. The minimum absolute atomic E-state index is 0.0106. The summed E-state index contributed by atoms with van der Waals surface area (Å²) in [6.45, 7) is 13.9. The third-order valence-corrected chi connectivity index (χ3v) is 13.6. The Balaban J connectivity index is 1.09. The van der Waals surface area contributed by atoms with Crippen LogP contribution in [0.1, 0.15) is 52.7 Å². The van der Waals surface area contributed by atoms with Gasteiger partial charge in [0.1, 0.15) is 11.2 Å². The molecule has 11 rings (SSSR count). The molecule has 0 aliphatic heterocycles. The number of fused-ring (bicyclic) bond motifs is 4. The molecule has 0 atom stereocenters. The lowest BCUT2D eigenvalue weighted by Crippen LogP contribution is -2.16. The SMILES string of the molecule is CC(C)(C)c1cc(-c2cccc3cccc(-c4ccccc4N(c4ccc(-c5ccc(-c6ccccc6)c(-c6ccccc6)c5)cc4)c4ccc5oc6ccccc6c5c4)c23)cc(C(C)(C)C)c1. The zero-order chi connectivity index (χ0) is 46.6. The van der Waals surface area contributed by atoms with E-state index in [1.54, 1.807) is 0 Å². The van der Waals surface area contributed by atoms with E-state index >= 15 is 0 Å². The standard InChI is InChI=1S/C66H55NO/c1-65(2,3)50-39-49(40-51(42-50)66(4,5)6)55-27-17-23-47-24-18-28-58(64(47)55)56-25-13-15-29-61(56)67(53-36-38-63-60(43-53)57-26-14-16-30-62(57)68-63)52-34-31-44(32-35-52)48-33-37-54(45-19-9-7-10-20-45)59(41-48)46-21-11-8-12-22-46/h7-43H,1-6H3. The third-order valence-electron chi connectivity index (χ3n) is 13.6. The molecule has 0 saturated carbocycles. The fourth-order valence-electron chi connectivity index (χ4n) is 9.88. The van der Waals surface area contributed by atoms with Gasteiger partial charge in [-0.1, -0.05) is 217 Å². The molecule has 0 aliphatic carbocycles. The fourth-order valence-corrected chi connectivity index (χ4v) is 9.88. The Morgan fingerprint density at radius 2 is 0.882 bits per heavy atom. The lowest BCUT2D eigenvalue weighted by molar-refractivity contribution is 0.569. The van der Waals surface area contributed by atoms with Gasteiger partial charge in [-0.25, -0.2) is 0 Å². The van der Waals surface area contributed by atoms with Gasteiger partial charge in [0.25, 0.3) is 0 Å². The highest BCUT2D eigenvalue weighted by Crippen LogP contribution is 2.47. The molecule has 0 N–H and O–H groups in total. The summed E-state index contributed by atoms with van der Waals surface area (Å²) >= 11 is 0. The smallest absolute Gasteiger partial charge is 0.135 e. The highest BCUT2D eigenvalue weighted by atomic mass is 16.3. The number of nitrogens with zero attached hydrogens (tertiary/aromatic N) is 1. The third kappa shape index (κ3) is 7.96. The molecule has 1 aromatic heterocycles. The molecule has 0 radical (unpaired) electrons. The average Bonchev–Trinajstić information content (AvgIpc) is 3.74. The molecule has 0 bridgehead atoms. The van der Waals surface area contributed by atoms with E-state index in [2.05, 4.69) is 265 Å². The van der Waals surface area contributed by atoms with Crippen LogP contribution in [0.2, 0.25) is 0 Å². The zero-order valence-electron chi connectivity index (χ0n) is 39.7. The number of rotatable bonds is 8. The lowest BCUT2D eigenvalue weighted by Gasteiger charge is -2.29. The van der Waals surface area contributed by atoms with Gasteiger partial charge in [0.2, 0.25) is 0 Å². The summed E-state index contributed by atoms with van der Waals surface area (Å²) < 4.78 is 6.38. The van der Waals surface area contributed by atoms with E-state index in [-0.39, 0.29) is 10.8 Å². The molecule has 0 aliphatic rings. The van der Waals surface area contributed by atoms with Crippen molar-refractivity contribution in [2.75, 3.05) is 4.90 Å². The zero-order valence-corrected chi connectivity index (χ0v) is 39.7. The fraction of sp³-hybridized carbons (Fsp3) is 0.121. The molecule has 0 spiro atoms. The van der Waals surface area contributed by atoms with Crippen LogP contribution < -0.4 is 4.90 Å². The number of hydrogen-bond donors (Lipinski definition) is 0. The van der Waals surface area contributed by atoms with Gasteiger partial charge in [0.15, 0.2) is 0 Å².